The van der Waals surface area contributed by atoms with E-state index in [-0.39, 0.29) is 17.5 Å². The first-order valence-corrected chi connectivity index (χ1v) is 7.67. The first kappa shape index (κ1) is 18.8. The number of ketones is 2. The predicted molar refractivity (Wildman–Crippen MR) is 78.5 cm³/mol. The zero-order valence-corrected chi connectivity index (χ0v) is 12.9. The van der Waals surface area contributed by atoms with Crippen molar-refractivity contribution in [3.63, 3.8) is 0 Å². The summed E-state index contributed by atoms with van der Waals surface area (Å²) in [4.78, 5) is 32.8. The van der Waals surface area contributed by atoms with Crippen LogP contribution in [0, 0.1) is 0 Å². The van der Waals surface area contributed by atoms with Crippen LogP contribution in [0.4, 0.5) is 0 Å². The second-order valence-electron chi connectivity index (χ2n) is 5.35. The van der Waals surface area contributed by atoms with Crippen LogP contribution in [0.25, 0.3) is 0 Å². The summed E-state index contributed by atoms with van der Waals surface area (Å²) >= 11 is 0. The lowest BCUT2D eigenvalue weighted by Crippen LogP contribution is -2.05. The molecule has 20 heavy (non-hydrogen) atoms. The first-order chi connectivity index (χ1) is 9.52. The number of carbonyl (C=O) groups is 3. The van der Waals surface area contributed by atoms with Crippen LogP contribution in [-0.4, -0.2) is 24.1 Å². The van der Waals surface area contributed by atoms with Crippen molar-refractivity contribution in [3.8, 4) is 0 Å². The monoisotopic (exact) mass is 284 g/mol. The Kier molecular flexibility index (Phi) is 12.1. The van der Waals surface area contributed by atoms with Gasteiger partial charge >= 0.3 is 5.97 Å². The van der Waals surface area contributed by atoms with Gasteiger partial charge < -0.3 is 14.3 Å². The van der Waals surface area contributed by atoms with Crippen LogP contribution in [0.3, 0.4) is 0 Å². The van der Waals surface area contributed by atoms with Gasteiger partial charge in [-0.05, 0) is 39.5 Å². The van der Waals surface area contributed by atoms with Gasteiger partial charge in [-0.15, -0.1) is 0 Å². The maximum atomic E-state index is 11.4. The molecule has 0 saturated heterocycles. The topological polar surface area (TPSA) is 60.4 Å². The lowest BCUT2D eigenvalue weighted by molar-refractivity contribution is -0.143. The molecule has 0 bridgehead atoms. The molecule has 0 fully saturated rings. The second kappa shape index (κ2) is 12.8. The Balaban J connectivity index is 3.24. The Labute approximate surface area is 122 Å². The number of hydrogen-bond donors (Lipinski definition) is 0. The maximum Gasteiger partial charge on any atom is 0.305 e. The van der Waals surface area contributed by atoms with Crippen molar-refractivity contribution >= 4 is 17.5 Å². The minimum absolute atomic E-state index is 0.142. The number of carbonyl (C=O) groups excluding carboxylic acids is 3. The fourth-order valence-electron chi connectivity index (χ4n) is 1.91. The first-order valence-electron chi connectivity index (χ1n) is 7.67. The zero-order valence-electron chi connectivity index (χ0n) is 12.9. The van der Waals surface area contributed by atoms with Crippen LogP contribution in [0.1, 0.15) is 78.1 Å². The van der Waals surface area contributed by atoms with Gasteiger partial charge in [0.25, 0.3) is 0 Å². The molecule has 0 aliphatic rings. The molecule has 0 saturated carbocycles. The van der Waals surface area contributed by atoms with E-state index in [1.807, 2.05) is 0 Å². The smallest absolute Gasteiger partial charge is 0.305 e. The van der Waals surface area contributed by atoms with Gasteiger partial charge in [0.15, 0.2) is 0 Å². The molecule has 0 aromatic carbocycles. The molecule has 0 spiro atoms. The van der Waals surface area contributed by atoms with E-state index in [0.717, 1.165) is 44.9 Å². The van der Waals surface area contributed by atoms with Gasteiger partial charge in [-0.25, -0.2) is 0 Å². The number of ether oxygens (including phenoxy) is 1. The van der Waals surface area contributed by atoms with Crippen molar-refractivity contribution in [1.29, 1.82) is 0 Å². The Hall–Kier alpha value is -1.19. The highest BCUT2D eigenvalue weighted by molar-refractivity contribution is 5.75. The summed E-state index contributed by atoms with van der Waals surface area (Å²) in [6.45, 7) is 3.68. The Bertz CT molecular complexity index is 297. The van der Waals surface area contributed by atoms with Crippen molar-refractivity contribution in [3.05, 3.63) is 0 Å². The third-order valence-corrected chi connectivity index (χ3v) is 3.10. The number of esters is 1. The highest BCUT2D eigenvalue weighted by atomic mass is 16.5. The van der Waals surface area contributed by atoms with Crippen molar-refractivity contribution in [2.75, 3.05) is 6.61 Å². The maximum absolute atomic E-state index is 11.4. The van der Waals surface area contributed by atoms with Crippen LogP contribution in [0.5, 0.6) is 0 Å². The van der Waals surface area contributed by atoms with Gasteiger partial charge in [-0.2, -0.15) is 0 Å². The van der Waals surface area contributed by atoms with E-state index in [0.29, 0.717) is 25.9 Å². The van der Waals surface area contributed by atoms with Crippen LogP contribution in [-0.2, 0) is 19.1 Å². The number of unbranched alkanes of at least 4 members (excludes halogenated alkanes) is 5. The molecule has 0 radical (unpaired) electrons. The summed E-state index contributed by atoms with van der Waals surface area (Å²) in [5, 5.41) is 0. The molecule has 0 N–H and O–H groups in total. The largest absolute Gasteiger partial charge is 0.466 e. The molecule has 0 atom stereocenters. The molecule has 0 aromatic rings. The quantitative estimate of drug-likeness (QED) is 0.383. The fourth-order valence-corrected chi connectivity index (χ4v) is 1.91. The van der Waals surface area contributed by atoms with Gasteiger partial charge in [0.1, 0.15) is 11.6 Å². The number of rotatable bonds is 13. The summed E-state index contributed by atoms with van der Waals surface area (Å²) in [6, 6.07) is 0. The van der Waals surface area contributed by atoms with E-state index < -0.39 is 0 Å². The van der Waals surface area contributed by atoms with E-state index >= 15 is 0 Å². The SMILES string of the molecule is CC(=O)CCCCCCOC(=O)CCCCCC(C)=O. The van der Waals surface area contributed by atoms with E-state index in [4.69, 9.17) is 4.74 Å². The normalized spacial score (nSPS) is 10.3. The summed E-state index contributed by atoms with van der Waals surface area (Å²) in [6.07, 6.45) is 8.08. The standard InChI is InChI=1S/C16H28O4/c1-14(17)10-6-3-4-9-13-20-16(19)12-8-5-7-11-15(2)18/h3-13H2,1-2H3. The zero-order chi connectivity index (χ0) is 15.2. The summed E-state index contributed by atoms with van der Waals surface area (Å²) in [7, 11) is 0. The van der Waals surface area contributed by atoms with Gasteiger partial charge in [0.2, 0.25) is 0 Å². The third-order valence-electron chi connectivity index (χ3n) is 3.10. The second-order valence-corrected chi connectivity index (χ2v) is 5.35. The number of hydrogen-bond acceptors (Lipinski definition) is 4. The van der Waals surface area contributed by atoms with E-state index in [1.165, 1.54) is 0 Å². The molecule has 0 aliphatic carbocycles. The Morgan fingerprint density at radius 2 is 1.10 bits per heavy atom. The molecule has 0 heterocycles. The molecule has 4 heteroatoms. The Morgan fingerprint density at radius 1 is 0.650 bits per heavy atom. The van der Waals surface area contributed by atoms with Gasteiger partial charge in [0.05, 0.1) is 6.61 Å². The van der Waals surface area contributed by atoms with Crippen LogP contribution < -0.4 is 0 Å². The van der Waals surface area contributed by atoms with Gasteiger partial charge in [-0.3, -0.25) is 4.79 Å². The average Bonchev–Trinajstić information content (AvgIpc) is 2.36. The molecule has 0 aliphatic heterocycles. The fraction of sp³-hybridized carbons (Fsp3) is 0.812. The molecule has 4 nitrogen and oxygen atoms in total. The lowest BCUT2D eigenvalue weighted by Gasteiger charge is -2.04. The highest BCUT2D eigenvalue weighted by Crippen LogP contribution is 2.06. The lowest BCUT2D eigenvalue weighted by atomic mass is 10.1. The van der Waals surface area contributed by atoms with Crippen molar-refractivity contribution < 1.29 is 19.1 Å². The minimum atomic E-state index is -0.142. The van der Waals surface area contributed by atoms with Crippen molar-refractivity contribution in [1.82, 2.24) is 0 Å². The van der Waals surface area contributed by atoms with Crippen LogP contribution in [0.15, 0.2) is 0 Å². The van der Waals surface area contributed by atoms with E-state index in [1.54, 1.807) is 13.8 Å². The molecule has 116 valence electrons. The van der Waals surface area contributed by atoms with Crippen molar-refractivity contribution in [2.45, 2.75) is 78.1 Å². The predicted octanol–water partition coefficient (Wildman–Crippen LogP) is 3.61. The molecular formula is C16H28O4. The van der Waals surface area contributed by atoms with Crippen molar-refractivity contribution in [2.24, 2.45) is 0 Å². The van der Waals surface area contributed by atoms with Gasteiger partial charge in [-0.1, -0.05) is 19.3 Å². The summed E-state index contributed by atoms with van der Waals surface area (Å²) < 4.78 is 5.12. The van der Waals surface area contributed by atoms with Gasteiger partial charge in [0, 0.05) is 19.3 Å². The van der Waals surface area contributed by atoms with E-state index in [9.17, 15) is 14.4 Å². The molecule has 0 rings (SSSR count). The molecule has 0 amide bonds. The molecule has 0 aromatic heterocycles. The molecular weight excluding hydrogens is 256 g/mol. The number of Topliss-reactive ketones (excluding diaryl/α,β-unsaturated/α-hetero) is 2. The van der Waals surface area contributed by atoms with Crippen LogP contribution >= 0.6 is 0 Å². The minimum Gasteiger partial charge on any atom is -0.466 e. The average molecular weight is 284 g/mol. The van der Waals surface area contributed by atoms with E-state index in [2.05, 4.69) is 0 Å². The third kappa shape index (κ3) is 14.9. The summed E-state index contributed by atoms with van der Waals surface area (Å²) in [5.41, 5.74) is 0. The highest BCUT2D eigenvalue weighted by Gasteiger charge is 2.03. The van der Waals surface area contributed by atoms with Crippen LogP contribution in [0.2, 0.25) is 0 Å². The summed E-state index contributed by atoms with van der Waals surface area (Å²) in [5.74, 6) is 0.301. The Morgan fingerprint density at radius 3 is 1.65 bits per heavy atom. The molecule has 0 unspecified atom stereocenters.